The molecule has 3 amide bonds. The van der Waals surface area contributed by atoms with E-state index in [1.54, 1.807) is 19.2 Å². The molecule has 3 N–H and O–H groups in total. The van der Waals surface area contributed by atoms with E-state index in [1.807, 2.05) is 30.3 Å². The second-order valence-electron chi connectivity index (χ2n) is 8.93. The molecule has 0 bridgehead atoms. The first-order valence-electron chi connectivity index (χ1n) is 11.9. The Morgan fingerprint density at radius 3 is 2.86 bits per heavy atom. The van der Waals surface area contributed by atoms with E-state index >= 15 is 0 Å². The number of aromatic nitrogens is 3. The van der Waals surface area contributed by atoms with E-state index in [0.29, 0.717) is 28.8 Å². The van der Waals surface area contributed by atoms with Gasteiger partial charge in [0.05, 0.1) is 23.6 Å². The van der Waals surface area contributed by atoms with Crippen LogP contribution in [0, 0.1) is 6.92 Å². The molecular formula is C25H25N7O3S. The highest BCUT2D eigenvalue weighted by Crippen LogP contribution is 2.50. The van der Waals surface area contributed by atoms with Gasteiger partial charge in [-0.25, -0.2) is 24.6 Å². The number of benzene rings is 1. The summed E-state index contributed by atoms with van der Waals surface area (Å²) in [5.41, 5.74) is 2.02. The van der Waals surface area contributed by atoms with Crippen LogP contribution in [0.4, 0.5) is 16.3 Å². The van der Waals surface area contributed by atoms with Crippen LogP contribution in [0.5, 0.6) is 11.6 Å². The lowest BCUT2D eigenvalue weighted by Gasteiger charge is -2.34. The number of thioether (sulfide) groups is 1. The first-order chi connectivity index (χ1) is 17.6. The van der Waals surface area contributed by atoms with Gasteiger partial charge in [0.15, 0.2) is 5.82 Å². The SMILES string of the molecule is Cc1nc(Oc2ccccc2)cnc1N1C(=O)NC2c3c1ccnc3S[C@H]2C(=O)NC1CCCNC1. The quantitative estimate of drug-likeness (QED) is 0.485. The molecule has 1 saturated heterocycles. The number of aryl methyl sites for hydroxylation is 1. The Morgan fingerprint density at radius 1 is 1.22 bits per heavy atom. The Hall–Kier alpha value is -3.70. The number of nitrogens with one attached hydrogen (secondary N) is 3. The molecule has 36 heavy (non-hydrogen) atoms. The van der Waals surface area contributed by atoms with Gasteiger partial charge in [-0.05, 0) is 44.5 Å². The van der Waals surface area contributed by atoms with Crippen molar-refractivity contribution >= 4 is 35.2 Å². The van der Waals surface area contributed by atoms with Gasteiger partial charge in [-0.2, -0.15) is 0 Å². The number of hydrogen-bond donors (Lipinski definition) is 3. The van der Waals surface area contributed by atoms with Crippen molar-refractivity contribution < 1.29 is 14.3 Å². The fraction of sp³-hybridized carbons (Fsp3) is 0.320. The molecule has 3 aliphatic heterocycles. The van der Waals surface area contributed by atoms with Crippen LogP contribution < -0.4 is 25.6 Å². The van der Waals surface area contributed by atoms with Crippen molar-refractivity contribution in [3.8, 4) is 11.6 Å². The number of pyridine rings is 1. The number of rotatable bonds is 5. The lowest BCUT2D eigenvalue weighted by molar-refractivity contribution is -0.121. The van der Waals surface area contributed by atoms with Crippen LogP contribution >= 0.6 is 11.8 Å². The maximum absolute atomic E-state index is 13.4. The lowest BCUT2D eigenvalue weighted by atomic mass is 9.99. The number of anilines is 2. The van der Waals surface area contributed by atoms with Gasteiger partial charge in [0.25, 0.3) is 0 Å². The fourth-order valence-electron chi connectivity index (χ4n) is 4.83. The number of ether oxygens (including phenoxy) is 1. The zero-order valence-electron chi connectivity index (χ0n) is 19.6. The van der Waals surface area contributed by atoms with E-state index < -0.39 is 11.3 Å². The highest BCUT2D eigenvalue weighted by Gasteiger charge is 2.47. The maximum Gasteiger partial charge on any atom is 0.328 e. The molecule has 0 radical (unpaired) electrons. The number of piperidine rings is 1. The van der Waals surface area contributed by atoms with Crippen molar-refractivity contribution in [1.29, 1.82) is 0 Å². The van der Waals surface area contributed by atoms with Crippen molar-refractivity contribution in [1.82, 2.24) is 30.9 Å². The summed E-state index contributed by atoms with van der Waals surface area (Å²) in [5, 5.41) is 9.73. The smallest absolute Gasteiger partial charge is 0.328 e. The van der Waals surface area contributed by atoms with Crippen molar-refractivity contribution in [3.63, 3.8) is 0 Å². The number of para-hydroxylation sites is 1. The molecule has 3 aliphatic rings. The number of nitrogens with zero attached hydrogens (tertiary/aromatic N) is 4. The summed E-state index contributed by atoms with van der Waals surface area (Å²) in [5.74, 6) is 1.29. The van der Waals surface area contributed by atoms with E-state index in [2.05, 4.69) is 30.9 Å². The van der Waals surface area contributed by atoms with Gasteiger partial charge >= 0.3 is 6.03 Å². The molecule has 2 aromatic heterocycles. The summed E-state index contributed by atoms with van der Waals surface area (Å²) in [6.45, 7) is 3.51. The lowest BCUT2D eigenvalue weighted by Crippen LogP contribution is -2.52. The van der Waals surface area contributed by atoms with Crippen molar-refractivity contribution in [2.75, 3.05) is 18.0 Å². The first-order valence-corrected chi connectivity index (χ1v) is 12.8. The Labute approximate surface area is 212 Å². The Bertz CT molecular complexity index is 1320. The molecule has 0 saturated carbocycles. The highest BCUT2D eigenvalue weighted by atomic mass is 32.2. The number of hydrogen-bond acceptors (Lipinski definition) is 8. The highest BCUT2D eigenvalue weighted by molar-refractivity contribution is 8.01. The van der Waals surface area contributed by atoms with Crippen LogP contribution in [-0.4, -0.2) is 51.3 Å². The zero-order chi connectivity index (χ0) is 24.6. The number of carbonyl (C=O) groups is 2. The molecule has 2 unspecified atom stereocenters. The first kappa shape index (κ1) is 22.7. The molecule has 6 rings (SSSR count). The minimum Gasteiger partial charge on any atom is -0.437 e. The van der Waals surface area contributed by atoms with Crippen molar-refractivity contribution in [2.24, 2.45) is 0 Å². The minimum absolute atomic E-state index is 0.0882. The largest absolute Gasteiger partial charge is 0.437 e. The molecule has 0 aliphatic carbocycles. The van der Waals surface area contributed by atoms with E-state index in [-0.39, 0.29) is 18.0 Å². The second kappa shape index (κ2) is 9.40. The molecule has 11 heteroatoms. The van der Waals surface area contributed by atoms with Gasteiger partial charge in [-0.3, -0.25) is 4.79 Å². The molecule has 3 atom stereocenters. The van der Waals surface area contributed by atoms with E-state index in [4.69, 9.17) is 4.74 Å². The number of amides is 3. The predicted molar refractivity (Wildman–Crippen MR) is 135 cm³/mol. The van der Waals surface area contributed by atoms with Gasteiger partial charge in [-0.15, -0.1) is 0 Å². The Morgan fingerprint density at radius 2 is 2.08 bits per heavy atom. The average molecular weight is 504 g/mol. The summed E-state index contributed by atoms with van der Waals surface area (Å²) in [7, 11) is 0. The van der Waals surface area contributed by atoms with Gasteiger partial charge in [0.1, 0.15) is 16.0 Å². The monoisotopic (exact) mass is 503 g/mol. The molecule has 184 valence electrons. The molecule has 10 nitrogen and oxygen atoms in total. The summed E-state index contributed by atoms with van der Waals surface area (Å²) in [4.78, 5) is 41.6. The van der Waals surface area contributed by atoms with Gasteiger partial charge in [0, 0.05) is 24.3 Å². The van der Waals surface area contributed by atoms with Crippen molar-refractivity contribution in [3.05, 3.63) is 60.0 Å². The molecule has 0 spiro atoms. The third-order valence-electron chi connectivity index (χ3n) is 6.48. The number of carbonyl (C=O) groups excluding carboxylic acids is 2. The topological polar surface area (TPSA) is 121 Å². The molecule has 3 aromatic rings. The van der Waals surface area contributed by atoms with Gasteiger partial charge < -0.3 is 20.7 Å². The predicted octanol–water partition coefficient (Wildman–Crippen LogP) is 3.22. The van der Waals surface area contributed by atoms with E-state index in [1.165, 1.54) is 22.9 Å². The van der Waals surface area contributed by atoms with Crippen LogP contribution in [0.2, 0.25) is 0 Å². The van der Waals surface area contributed by atoms with Crippen LogP contribution in [0.1, 0.15) is 30.1 Å². The summed E-state index contributed by atoms with van der Waals surface area (Å²) in [6, 6.07) is 10.4. The fourth-order valence-corrected chi connectivity index (χ4v) is 6.06. The Balaban J connectivity index is 1.27. The summed E-state index contributed by atoms with van der Waals surface area (Å²) >= 11 is 1.39. The average Bonchev–Trinajstić information content (AvgIpc) is 3.26. The normalized spacial score (nSPS) is 22.5. The minimum atomic E-state index is -0.490. The molecular weight excluding hydrogens is 478 g/mol. The van der Waals surface area contributed by atoms with E-state index in [9.17, 15) is 9.59 Å². The second-order valence-corrected chi connectivity index (χ2v) is 10.1. The third kappa shape index (κ3) is 4.14. The maximum atomic E-state index is 13.4. The molecule has 1 fully saturated rings. The summed E-state index contributed by atoms with van der Waals surface area (Å²) in [6.07, 6.45) is 5.13. The van der Waals surface area contributed by atoms with Crippen LogP contribution in [0.25, 0.3) is 0 Å². The van der Waals surface area contributed by atoms with Crippen LogP contribution in [0.3, 0.4) is 0 Å². The third-order valence-corrected chi connectivity index (χ3v) is 7.77. The standard InChI is InChI=1S/C25H25N7O3S/c1-14-22(28-13-18(29-14)35-16-7-3-2-4-8-16)32-17-9-11-27-24-19(17)20(31-25(32)34)21(36-24)23(33)30-15-6-5-10-26-12-15/h2-4,7-9,11,13,15,20-21,26H,5-6,10,12H2,1H3,(H,30,33)(H,31,34)/t15?,20?,21-/m1/s1. The molecule has 1 aromatic carbocycles. The van der Waals surface area contributed by atoms with Gasteiger partial charge in [-0.1, -0.05) is 30.0 Å². The van der Waals surface area contributed by atoms with Crippen LogP contribution in [0.15, 0.2) is 53.8 Å². The van der Waals surface area contributed by atoms with E-state index in [0.717, 1.165) is 36.5 Å². The number of urea groups is 1. The molecule has 5 heterocycles. The van der Waals surface area contributed by atoms with Gasteiger partial charge in [0.2, 0.25) is 11.8 Å². The zero-order valence-corrected chi connectivity index (χ0v) is 20.4. The van der Waals surface area contributed by atoms with Crippen molar-refractivity contribution in [2.45, 2.75) is 42.1 Å². The summed E-state index contributed by atoms with van der Waals surface area (Å²) < 4.78 is 5.79. The van der Waals surface area contributed by atoms with Crippen LogP contribution in [-0.2, 0) is 4.79 Å². The Kier molecular flexibility index (Phi) is 5.94.